The topological polar surface area (TPSA) is 96.2 Å². The Kier molecular flexibility index (Phi) is 8.53. The predicted octanol–water partition coefficient (Wildman–Crippen LogP) is 7.95. The van der Waals surface area contributed by atoms with Crippen molar-refractivity contribution < 1.29 is 29.6 Å². The molecule has 5 fully saturated rings. The first-order valence-corrected chi connectivity index (χ1v) is 17.9. The van der Waals surface area contributed by atoms with Crippen LogP contribution in [0.3, 0.4) is 0 Å². The van der Waals surface area contributed by atoms with Crippen LogP contribution in [0, 0.1) is 56.7 Å². The highest BCUT2D eigenvalue weighted by molar-refractivity contribution is 5.87. The summed E-state index contributed by atoms with van der Waals surface area (Å²) in [5, 5.41) is 32.2. The van der Waals surface area contributed by atoms with Crippen LogP contribution in [0.4, 0.5) is 0 Å². The molecule has 0 heterocycles. The average Bonchev–Trinajstić information content (AvgIpc) is 3.43. The Bertz CT molecular complexity index is 1390. The number of aliphatic hydroxyl groups excluding tert-OH is 2. The second-order valence-electron chi connectivity index (χ2n) is 17.1. The van der Waals surface area contributed by atoms with E-state index >= 15 is 0 Å². The predicted molar refractivity (Wildman–Crippen MR) is 181 cm³/mol. The number of aliphatic hydroxyl groups is 2. The molecule has 5 aliphatic rings. The highest BCUT2D eigenvalue weighted by atomic mass is 16.5. The van der Waals surface area contributed by atoms with E-state index in [4.69, 9.17) is 9.47 Å². The molecule has 0 amide bonds. The van der Waals surface area contributed by atoms with Gasteiger partial charge < -0.3 is 24.8 Å². The van der Waals surface area contributed by atoms with Gasteiger partial charge in [0.05, 0.1) is 19.8 Å². The number of aromatic hydroxyl groups is 1. The van der Waals surface area contributed by atoms with Gasteiger partial charge in [0.1, 0.15) is 0 Å². The molecule has 0 radical (unpaired) electrons. The molecule has 1 aromatic rings. The van der Waals surface area contributed by atoms with Crippen LogP contribution in [0.2, 0.25) is 0 Å². The maximum absolute atomic E-state index is 13.0. The van der Waals surface area contributed by atoms with Crippen LogP contribution in [-0.4, -0.2) is 47.7 Å². The Labute approximate surface area is 276 Å². The number of phenolic OH excluding ortho intramolecular Hbond substituents is 1. The molecule has 5 saturated carbocycles. The lowest BCUT2D eigenvalue weighted by Gasteiger charge is -2.73. The van der Waals surface area contributed by atoms with E-state index in [0.717, 1.165) is 44.1 Å². The Morgan fingerprint density at radius 1 is 0.978 bits per heavy atom. The highest BCUT2D eigenvalue weighted by Gasteiger charge is 2.71. The minimum atomic E-state index is -0.521. The Morgan fingerprint density at radius 3 is 2.43 bits per heavy atom. The number of rotatable bonds is 7. The summed E-state index contributed by atoms with van der Waals surface area (Å²) in [5.41, 5.74) is 1.99. The van der Waals surface area contributed by atoms with Crippen molar-refractivity contribution in [1.82, 2.24) is 0 Å². The van der Waals surface area contributed by atoms with Gasteiger partial charge in [0, 0.05) is 18.1 Å². The second kappa shape index (κ2) is 11.7. The van der Waals surface area contributed by atoms with Gasteiger partial charge in [-0.25, -0.2) is 4.79 Å². The Hall–Kier alpha value is -2.31. The highest BCUT2D eigenvalue weighted by Crippen LogP contribution is 2.77. The minimum Gasteiger partial charge on any atom is -0.504 e. The summed E-state index contributed by atoms with van der Waals surface area (Å²) in [5.74, 6) is 2.39. The molecule has 0 bridgehead atoms. The Morgan fingerprint density at radius 2 is 1.74 bits per heavy atom. The number of carbonyl (C=O) groups is 1. The maximum Gasteiger partial charge on any atom is 0.330 e. The van der Waals surface area contributed by atoms with Crippen LogP contribution in [-0.2, 0) is 9.53 Å². The molecule has 6 rings (SSSR count). The third-order valence-corrected chi connectivity index (χ3v) is 15.5. The first-order chi connectivity index (χ1) is 21.7. The normalized spacial score (nSPS) is 44.9. The van der Waals surface area contributed by atoms with E-state index in [9.17, 15) is 20.1 Å². The summed E-state index contributed by atoms with van der Waals surface area (Å²) < 4.78 is 11.1. The van der Waals surface area contributed by atoms with Crippen molar-refractivity contribution in [2.75, 3.05) is 20.3 Å². The zero-order valence-electron chi connectivity index (χ0n) is 29.1. The minimum absolute atomic E-state index is 0.0481. The van der Waals surface area contributed by atoms with Gasteiger partial charge in [-0.2, -0.15) is 0 Å². The van der Waals surface area contributed by atoms with Gasteiger partial charge in [-0.1, -0.05) is 45.9 Å². The third-order valence-electron chi connectivity index (χ3n) is 15.5. The van der Waals surface area contributed by atoms with Crippen LogP contribution in [0.25, 0.3) is 6.08 Å². The number of carbonyl (C=O) groups excluding carboxylic acids is 1. The Balaban J connectivity index is 1.23. The van der Waals surface area contributed by atoms with Crippen LogP contribution in [0.5, 0.6) is 11.5 Å². The first kappa shape index (κ1) is 33.6. The van der Waals surface area contributed by atoms with Crippen molar-refractivity contribution in [3.05, 3.63) is 42.0 Å². The molecular weight excluding hydrogens is 576 g/mol. The zero-order chi connectivity index (χ0) is 33.3. The lowest BCUT2D eigenvalue weighted by atomic mass is 9.32. The summed E-state index contributed by atoms with van der Waals surface area (Å²) in [6.45, 7) is 17.0. The molecule has 0 saturated heterocycles. The van der Waals surface area contributed by atoms with Crippen molar-refractivity contribution in [3.8, 4) is 11.5 Å². The monoisotopic (exact) mass is 634 g/mol. The smallest absolute Gasteiger partial charge is 0.330 e. The largest absolute Gasteiger partial charge is 0.504 e. The van der Waals surface area contributed by atoms with Crippen LogP contribution in [0.1, 0.15) is 104 Å². The molecule has 11 atom stereocenters. The summed E-state index contributed by atoms with van der Waals surface area (Å²) in [6, 6.07) is 4.93. The summed E-state index contributed by atoms with van der Waals surface area (Å²) in [7, 11) is 1.49. The number of benzene rings is 1. The van der Waals surface area contributed by atoms with Crippen molar-refractivity contribution in [2.24, 2.45) is 56.7 Å². The van der Waals surface area contributed by atoms with Gasteiger partial charge >= 0.3 is 5.97 Å². The van der Waals surface area contributed by atoms with Gasteiger partial charge in [0.2, 0.25) is 0 Å². The maximum atomic E-state index is 13.0. The summed E-state index contributed by atoms with van der Waals surface area (Å²) in [4.78, 5) is 13.0. The fourth-order valence-corrected chi connectivity index (χ4v) is 12.8. The molecule has 1 aromatic carbocycles. The standard InChI is InChI=1S/C40H58O6/c1-25(2)27-14-19-40(23-41)21-20-38(5)28(35(27)40)10-12-32-36(3)17-16-33(43)37(4,31(36)15-18-39(32,38)6)24-46-34(44)13-9-26-8-11-29(42)30(22-26)45-7/h8-9,11,13,22,27-28,31-33,35,41-43H,1,10,12,14-21,23-24H2,2-7H3/b13-9+/t27-,28+,31+,32+,33-,35+,36-,37-,38+,39+,40+/m0/s1. The molecule has 0 unspecified atom stereocenters. The quantitative estimate of drug-likeness (QED) is 0.160. The zero-order valence-corrected chi connectivity index (χ0v) is 29.1. The fraction of sp³-hybridized carbons (Fsp3) is 0.725. The van der Waals surface area contributed by atoms with Crippen LogP contribution in [0.15, 0.2) is 36.4 Å². The number of esters is 1. The van der Waals surface area contributed by atoms with E-state index in [1.807, 2.05) is 0 Å². The molecule has 0 spiro atoms. The van der Waals surface area contributed by atoms with Crippen molar-refractivity contribution >= 4 is 12.0 Å². The molecular formula is C40H58O6. The molecule has 3 N–H and O–H groups in total. The van der Waals surface area contributed by atoms with Crippen molar-refractivity contribution in [2.45, 2.75) is 105 Å². The molecule has 5 aliphatic carbocycles. The van der Waals surface area contributed by atoms with Gasteiger partial charge in [0.15, 0.2) is 11.5 Å². The lowest BCUT2D eigenvalue weighted by Crippen LogP contribution is -2.67. The number of methoxy groups -OCH3 is 1. The number of ether oxygens (including phenoxy) is 2. The number of phenols is 1. The molecule has 0 aromatic heterocycles. The van der Waals surface area contributed by atoms with Gasteiger partial charge in [-0.15, -0.1) is 0 Å². The van der Waals surface area contributed by atoms with Crippen LogP contribution < -0.4 is 4.74 Å². The van der Waals surface area contributed by atoms with Crippen molar-refractivity contribution in [1.29, 1.82) is 0 Å². The average molecular weight is 635 g/mol. The third kappa shape index (κ3) is 4.82. The molecule has 0 aliphatic heterocycles. The summed E-state index contributed by atoms with van der Waals surface area (Å²) >= 11 is 0. The first-order valence-electron chi connectivity index (χ1n) is 17.9. The molecule has 6 heteroatoms. The van der Waals surface area contributed by atoms with E-state index in [2.05, 4.69) is 41.2 Å². The van der Waals surface area contributed by atoms with E-state index < -0.39 is 17.5 Å². The SMILES string of the molecule is C=C(C)[C@@H]1CC[C@]2(CO)CC[C@]3(C)[C@H](CC[C@@H]4[C@@]5(C)CC[C@H](O)[C@@](C)(COC(=O)/C=C/c6ccc(O)c(OC)c6)[C@@H]5CC[C@]43C)[C@@H]12. The van der Waals surface area contributed by atoms with Crippen molar-refractivity contribution in [3.63, 3.8) is 0 Å². The van der Waals surface area contributed by atoms with E-state index in [-0.39, 0.29) is 39.9 Å². The van der Waals surface area contributed by atoms with Crippen LogP contribution >= 0.6 is 0 Å². The number of fused-ring (bicyclic) bond motifs is 7. The molecule has 6 nitrogen and oxygen atoms in total. The number of allylic oxidation sites excluding steroid dienone is 1. The molecule has 254 valence electrons. The van der Waals surface area contributed by atoms with Gasteiger partial charge in [-0.05, 0) is 146 Å². The molecule has 46 heavy (non-hydrogen) atoms. The summed E-state index contributed by atoms with van der Waals surface area (Å²) in [6.07, 6.45) is 13.4. The number of hydrogen-bond acceptors (Lipinski definition) is 6. The van der Waals surface area contributed by atoms with Gasteiger partial charge in [-0.3, -0.25) is 0 Å². The fourth-order valence-electron chi connectivity index (χ4n) is 12.8. The van der Waals surface area contributed by atoms with E-state index in [1.165, 1.54) is 50.5 Å². The van der Waals surface area contributed by atoms with E-state index in [0.29, 0.717) is 36.0 Å². The lowest BCUT2D eigenvalue weighted by molar-refractivity contribution is -0.256. The van der Waals surface area contributed by atoms with E-state index in [1.54, 1.807) is 18.2 Å². The number of hydrogen-bond donors (Lipinski definition) is 3. The van der Waals surface area contributed by atoms with Gasteiger partial charge in [0.25, 0.3) is 0 Å². The second-order valence-corrected chi connectivity index (χ2v) is 17.1.